The summed E-state index contributed by atoms with van der Waals surface area (Å²) in [7, 11) is 0. The molecule has 2 aliphatic rings. The Kier molecular flexibility index (Phi) is 10.0. The number of hydrogen-bond acceptors (Lipinski definition) is 9. The number of hydrogen-bond donors (Lipinski definition) is 0. The van der Waals surface area contributed by atoms with Crippen molar-refractivity contribution < 1.29 is 41.7 Å². The van der Waals surface area contributed by atoms with Crippen LogP contribution in [0.5, 0.6) is 11.5 Å². The number of oxazole rings is 1. The lowest BCUT2D eigenvalue weighted by atomic mass is 10.0. The van der Waals surface area contributed by atoms with Crippen molar-refractivity contribution in [2.24, 2.45) is 5.92 Å². The number of ether oxygens (including phenoxy) is 3. The first-order valence-electron chi connectivity index (χ1n) is 14.6. The van der Waals surface area contributed by atoms with Crippen molar-refractivity contribution in [2.45, 2.75) is 37.4 Å². The standard InChI is InChI=1S/C32H27Cl2F2N3O7S/c33-23-14-38(42)15-24(34)22(23)12-26(20-6-7-25(46-32(35)36)27(11-20)43-16-18-4-5-18)45-31(41)30-39(8-9-47-30)29(40)21-3-1-2-19(10-21)28-13-37-17-44-28/h1-3,6-7,10-11,13-15,17-18,26,30,32H,4-5,8-9,12,16H2/t26-,30-/m0/s1. The highest BCUT2D eigenvalue weighted by atomic mass is 35.5. The van der Waals surface area contributed by atoms with Gasteiger partial charge in [-0.2, -0.15) is 13.5 Å². The average molecular weight is 707 g/mol. The summed E-state index contributed by atoms with van der Waals surface area (Å²) in [6.07, 6.45) is 5.84. The topological polar surface area (TPSA) is 118 Å². The van der Waals surface area contributed by atoms with Crippen molar-refractivity contribution in [2.75, 3.05) is 18.9 Å². The quantitative estimate of drug-likeness (QED) is 0.0900. The Balaban J connectivity index is 1.28. The van der Waals surface area contributed by atoms with Gasteiger partial charge in [-0.25, -0.2) is 9.78 Å². The van der Waals surface area contributed by atoms with Crippen molar-refractivity contribution in [3.8, 4) is 22.8 Å². The number of amides is 1. The molecule has 1 aliphatic heterocycles. The summed E-state index contributed by atoms with van der Waals surface area (Å²) in [6, 6.07) is 11.0. The highest BCUT2D eigenvalue weighted by molar-refractivity contribution is 8.00. The van der Waals surface area contributed by atoms with Crippen molar-refractivity contribution in [1.82, 2.24) is 9.88 Å². The molecule has 6 rings (SSSR count). The number of rotatable bonds is 12. The third-order valence-electron chi connectivity index (χ3n) is 7.61. The van der Waals surface area contributed by atoms with Crippen molar-refractivity contribution in [1.29, 1.82) is 0 Å². The predicted octanol–water partition coefficient (Wildman–Crippen LogP) is 6.71. The van der Waals surface area contributed by atoms with Crippen LogP contribution in [0, 0.1) is 11.1 Å². The number of nitrogens with zero attached hydrogens (tertiary/aromatic N) is 3. The van der Waals surface area contributed by atoms with Crippen LogP contribution in [0.15, 0.2) is 71.9 Å². The van der Waals surface area contributed by atoms with Gasteiger partial charge in [0, 0.05) is 35.4 Å². The minimum absolute atomic E-state index is 0.0371. The maximum Gasteiger partial charge on any atom is 0.387 e. The molecule has 10 nitrogen and oxygen atoms in total. The van der Waals surface area contributed by atoms with Crippen LogP contribution in [0.25, 0.3) is 11.3 Å². The molecule has 3 heterocycles. The molecule has 2 aromatic heterocycles. The Labute approximate surface area is 282 Å². The fraction of sp³-hybridized carbons (Fsp3) is 0.312. The molecule has 47 heavy (non-hydrogen) atoms. The van der Waals surface area contributed by atoms with Crippen LogP contribution in [0.4, 0.5) is 8.78 Å². The smallest absolute Gasteiger partial charge is 0.387 e. The SMILES string of the molecule is O=C(O[C@@H](Cc1c(Cl)c[n+]([O-])cc1Cl)c1ccc(OC(F)F)c(OCC2CC2)c1)[C@@H]1SCCN1C(=O)c1cccc(-c2cnco2)c1. The van der Waals surface area contributed by atoms with Gasteiger partial charge in [-0.3, -0.25) is 4.79 Å². The number of halogens is 4. The Bertz CT molecular complexity index is 1740. The molecule has 0 spiro atoms. The van der Waals surface area contributed by atoms with E-state index in [1.807, 2.05) is 0 Å². The maximum atomic E-state index is 13.8. The highest BCUT2D eigenvalue weighted by Crippen LogP contribution is 2.39. The summed E-state index contributed by atoms with van der Waals surface area (Å²) in [5, 5.41) is 11.0. The van der Waals surface area contributed by atoms with E-state index in [0.29, 0.717) is 57.6 Å². The molecule has 1 amide bonds. The van der Waals surface area contributed by atoms with Gasteiger partial charge >= 0.3 is 12.6 Å². The second kappa shape index (κ2) is 14.4. The zero-order chi connectivity index (χ0) is 33.1. The lowest BCUT2D eigenvalue weighted by Gasteiger charge is -2.26. The van der Waals surface area contributed by atoms with Crippen LogP contribution >= 0.6 is 35.0 Å². The number of carbonyl (C=O) groups excluding carboxylic acids is 2. The van der Waals surface area contributed by atoms with E-state index in [1.54, 1.807) is 24.3 Å². The van der Waals surface area contributed by atoms with Crippen molar-refractivity contribution >= 4 is 46.8 Å². The lowest BCUT2D eigenvalue weighted by Crippen LogP contribution is -2.40. The third kappa shape index (κ3) is 7.91. The third-order valence-corrected chi connectivity index (χ3v) is 9.44. The molecule has 0 N–H and O–H groups in total. The first kappa shape index (κ1) is 32.9. The summed E-state index contributed by atoms with van der Waals surface area (Å²) in [6.45, 7) is -2.49. The van der Waals surface area contributed by atoms with Gasteiger partial charge in [0.05, 0.1) is 12.8 Å². The van der Waals surface area contributed by atoms with E-state index in [9.17, 15) is 23.6 Å². The molecule has 15 heteroatoms. The van der Waals surface area contributed by atoms with Crippen LogP contribution in [0.2, 0.25) is 10.0 Å². The van der Waals surface area contributed by atoms with Gasteiger partial charge in [0.1, 0.15) is 16.1 Å². The van der Waals surface area contributed by atoms with Gasteiger partial charge in [0.2, 0.25) is 0 Å². The predicted molar refractivity (Wildman–Crippen MR) is 168 cm³/mol. The van der Waals surface area contributed by atoms with Crippen molar-refractivity contribution in [3.63, 3.8) is 0 Å². The molecule has 0 radical (unpaired) electrons. The summed E-state index contributed by atoms with van der Waals surface area (Å²) >= 11 is 14.0. The number of thioether (sulfide) groups is 1. The lowest BCUT2D eigenvalue weighted by molar-refractivity contribution is -0.605. The summed E-state index contributed by atoms with van der Waals surface area (Å²) in [4.78, 5) is 32.8. The second-order valence-corrected chi connectivity index (χ2v) is 12.9. The van der Waals surface area contributed by atoms with Gasteiger partial charge < -0.3 is 28.7 Å². The minimum atomic E-state index is -3.09. The van der Waals surface area contributed by atoms with Crippen molar-refractivity contribution in [3.05, 3.63) is 99.4 Å². The summed E-state index contributed by atoms with van der Waals surface area (Å²) < 4.78 is 48.8. The van der Waals surface area contributed by atoms with E-state index in [4.69, 9.17) is 37.1 Å². The highest BCUT2D eigenvalue weighted by Gasteiger charge is 2.38. The van der Waals surface area contributed by atoms with E-state index in [1.165, 1.54) is 47.5 Å². The monoisotopic (exact) mass is 705 g/mol. The molecule has 1 saturated carbocycles. The number of carbonyl (C=O) groups is 2. The molecule has 246 valence electrons. The molecule has 1 saturated heterocycles. The van der Waals surface area contributed by atoms with Crippen LogP contribution in [0.3, 0.4) is 0 Å². The Hall–Kier alpha value is -4.07. The average Bonchev–Trinajstić information content (AvgIpc) is 3.47. The zero-order valence-corrected chi connectivity index (χ0v) is 26.9. The Morgan fingerprint density at radius 3 is 2.62 bits per heavy atom. The van der Waals surface area contributed by atoms with Gasteiger partial charge in [0.25, 0.3) is 5.91 Å². The molecule has 0 bridgehead atoms. The molecular formula is C32H27Cl2F2N3O7S. The fourth-order valence-corrected chi connectivity index (χ4v) is 6.76. The number of esters is 1. The maximum absolute atomic E-state index is 13.8. The summed E-state index contributed by atoms with van der Waals surface area (Å²) in [5.74, 6) is 0.0647. The van der Waals surface area contributed by atoms with Crippen LogP contribution in [-0.2, 0) is 16.0 Å². The van der Waals surface area contributed by atoms with E-state index in [0.717, 1.165) is 25.2 Å². The molecule has 2 fully saturated rings. The van der Waals surface area contributed by atoms with Crippen LogP contribution < -0.4 is 14.2 Å². The number of pyridine rings is 1. The van der Waals surface area contributed by atoms with Gasteiger partial charge in [-0.05, 0) is 48.6 Å². The van der Waals surface area contributed by atoms with E-state index in [2.05, 4.69) is 9.72 Å². The first-order chi connectivity index (χ1) is 22.7. The minimum Gasteiger partial charge on any atom is -0.619 e. The van der Waals surface area contributed by atoms with E-state index >= 15 is 0 Å². The van der Waals surface area contributed by atoms with Gasteiger partial charge in [-0.15, -0.1) is 11.8 Å². The van der Waals surface area contributed by atoms with E-state index < -0.39 is 24.1 Å². The molecule has 2 atom stereocenters. The number of benzene rings is 2. The molecule has 2 aromatic carbocycles. The Morgan fingerprint density at radius 1 is 1.13 bits per heavy atom. The molecule has 4 aromatic rings. The van der Waals surface area contributed by atoms with E-state index in [-0.39, 0.29) is 33.9 Å². The number of alkyl halides is 2. The largest absolute Gasteiger partial charge is 0.619 e. The first-order valence-corrected chi connectivity index (χ1v) is 16.4. The van der Waals surface area contributed by atoms with Crippen LogP contribution in [-0.4, -0.2) is 52.7 Å². The van der Waals surface area contributed by atoms with Gasteiger partial charge in [-0.1, -0.05) is 41.4 Å². The Morgan fingerprint density at radius 2 is 1.91 bits per heavy atom. The molecular weight excluding hydrogens is 679 g/mol. The fourth-order valence-electron chi connectivity index (χ4n) is 5.06. The second-order valence-electron chi connectivity index (χ2n) is 10.9. The zero-order valence-electron chi connectivity index (χ0n) is 24.5. The molecule has 1 aliphatic carbocycles. The van der Waals surface area contributed by atoms with Crippen LogP contribution in [0.1, 0.15) is 40.4 Å². The molecule has 0 unspecified atom stereocenters. The normalized spacial score (nSPS) is 16.7. The number of aromatic nitrogens is 2. The summed E-state index contributed by atoms with van der Waals surface area (Å²) in [5.41, 5.74) is 1.69. The van der Waals surface area contributed by atoms with Gasteiger partial charge in [0.15, 0.2) is 41.4 Å².